The van der Waals surface area contributed by atoms with Gasteiger partial charge in [0.2, 0.25) is 5.91 Å². The molecule has 0 radical (unpaired) electrons. The molecule has 1 atom stereocenters. The van der Waals surface area contributed by atoms with Crippen LogP contribution in [0.4, 0.5) is 11.4 Å². The minimum absolute atomic E-state index is 0.0207. The van der Waals surface area contributed by atoms with E-state index in [1.807, 2.05) is 49.3 Å². The molecule has 0 fully saturated rings. The van der Waals surface area contributed by atoms with Crippen LogP contribution in [0.25, 0.3) is 0 Å². The summed E-state index contributed by atoms with van der Waals surface area (Å²) in [6.07, 6.45) is 1.63. The van der Waals surface area contributed by atoms with E-state index < -0.39 is 0 Å². The van der Waals surface area contributed by atoms with Crippen LogP contribution in [0.2, 0.25) is 0 Å². The number of nitrogens with one attached hydrogen (secondary N) is 1. The van der Waals surface area contributed by atoms with E-state index in [9.17, 15) is 4.79 Å². The molecule has 2 aromatic carbocycles. The van der Waals surface area contributed by atoms with E-state index in [-0.39, 0.29) is 11.8 Å². The number of amides is 1. The first-order valence-electron chi connectivity index (χ1n) is 7.38. The molecule has 1 amide bonds. The number of hydrogen-bond donors (Lipinski definition) is 1. The van der Waals surface area contributed by atoms with Gasteiger partial charge in [-0.3, -0.25) is 4.79 Å². The number of nitrogens with zero attached hydrogens (tertiary/aromatic N) is 1. The standard InChI is InChI=1S/C18H19BrN2O/c1-21(2)17-5-3-4-16(11-17)20-18(22)14-8-12-6-7-15(19)10-13(12)9-14/h3-7,10-11,14H,8-9H2,1-2H3,(H,20,22). The van der Waals surface area contributed by atoms with Crippen molar-refractivity contribution in [2.45, 2.75) is 12.8 Å². The fourth-order valence-electron chi connectivity index (χ4n) is 2.88. The third kappa shape index (κ3) is 3.17. The van der Waals surface area contributed by atoms with E-state index in [2.05, 4.69) is 33.4 Å². The number of anilines is 2. The molecule has 3 nitrogen and oxygen atoms in total. The first kappa shape index (κ1) is 15.1. The van der Waals surface area contributed by atoms with Crippen LogP contribution in [0.15, 0.2) is 46.9 Å². The Morgan fingerprint density at radius 1 is 1.14 bits per heavy atom. The highest BCUT2D eigenvalue weighted by Gasteiger charge is 2.27. The van der Waals surface area contributed by atoms with Crippen molar-refractivity contribution in [1.82, 2.24) is 0 Å². The molecule has 0 saturated heterocycles. The molecule has 0 aliphatic heterocycles. The Balaban J connectivity index is 1.70. The Hall–Kier alpha value is -1.81. The van der Waals surface area contributed by atoms with Crippen molar-refractivity contribution in [3.63, 3.8) is 0 Å². The molecule has 0 aromatic heterocycles. The smallest absolute Gasteiger partial charge is 0.228 e. The van der Waals surface area contributed by atoms with Gasteiger partial charge < -0.3 is 10.2 Å². The van der Waals surface area contributed by atoms with Crippen molar-refractivity contribution >= 4 is 33.2 Å². The van der Waals surface area contributed by atoms with Gasteiger partial charge in [-0.05, 0) is 54.3 Å². The quantitative estimate of drug-likeness (QED) is 0.902. The van der Waals surface area contributed by atoms with Crippen LogP contribution in [0.3, 0.4) is 0 Å². The molecular formula is C18H19BrN2O. The van der Waals surface area contributed by atoms with Crippen molar-refractivity contribution in [1.29, 1.82) is 0 Å². The molecule has 1 aliphatic rings. The van der Waals surface area contributed by atoms with Gasteiger partial charge in [0.15, 0.2) is 0 Å². The molecular weight excluding hydrogens is 340 g/mol. The van der Waals surface area contributed by atoms with Gasteiger partial charge in [0.05, 0.1) is 0 Å². The average molecular weight is 359 g/mol. The second-order valence-electron chi connectivity index (χ2n) is 5.95. The summed E-state index contributed by atoms with van der Waals surface area (Å²) < 4.78 is 1.07. The summed E-state index contributed by atoms with van der Waals surface area (Å²) in [5, 5.41) is 3.05. The fourth-order valence-corrected chi connectivity index (χ4v) is 3.29. The zero-order chi connectivity index (χ0) is 15.7. The van der Waals surface area contributed by atoms with Crippen LogP contribution in [0, 0.1) is 5.92 Å². The maximum Gasteiger partial charge on any atom is 0.228 e. The Morgan fingerprint density at radius 3 is 2.68 bits per heavy atom. The summed E-state index contributed by atoms with van der Waals surface area (Å²) in [4.78, 5) is 14.5. The van der Waals surface area contributed by atoms with E-state index in [1.54, 1.807) is 0 Å². The number of carbonyl (C=O) groups excluding carboxylic acids is 1. The molecule has 1 aliphatic carbocycles. The zero-order valence-electron chi connectivity index (χ0n) is 12.8. The largest absolute Gasteiger partial charge is 0.378 e. The first-order chi connectivity index (χ1) is 10.5. The molecule has 114 valence electrons. The van der Waals surface area contributed by atoms with Gasteiger partial charge in [-0.2, -0.15) is 0 Å². The van der Waals surface area contributed by atoms with Crippen LogP contribution in [-0.4, -0.2) is 20.0 Å². The number of benzene rings is 2. The Kier molecular flexibility index (Phi) is 4.21. The number of rotatable bonds is 3. The molecule has 0 saturated carbocycles. The highest BCUT2D eigenvalue weighted by molar-refractivity contribution is 9.10. The van der Waals surface area contributed by atoms with Crippen molar-refractivity contribution in [3.8, 4) is 0 Å². The predicted molar refractivity (Wildman–Crippen MR) is 94.4 cm³/mol. The summed E-state index contributed by atoms with van der Waals surface area (Å²) in [7, 11) is 3.98. The highest BCUT2D eigenvalue weighted by atomic mass is 79.9. The van der Waals surface area contributed by atoms with Gasteiger partial charge in [-0.1, -0.05) is 28.1 Å². The topological polar surface area (TPSA) is 32.3 Å². The molecule has 22 heavy (non-hydrogen) atoms. The molecule has 3 rings (SSSR count). The van der Waals surface area contributed by atoms with Gasteiger partial charge in [0.1, 0.15) is 0 Å². The Bertz CT molecular complexity index is 712. The summed E-state index contributed by atoms with van der Waals surface area (Å²) in [5.74, 6) is 0.121. The lowest BCUT2D eigenvalue weighted by Crippen LogP contribution is -2.23. The molecule has 1 unspecified atom stereocenters. The fraction of sp³-hybridized carbons (Fsp3) is 0.278. The first-order valence-corrected chi connectivity index (χ1v) is 8.18. The minimum atomic E-state index is 0.0207. The number of halogens is 1. The van der Waals surface area contributed by atoms with Crippen LogP contribution < -0.4 is 10.2 Å². The molecule has 0 bridgehead atoms. The van der Waals surface area contributed by atoms with Crippen LogP contribution in [0.1, 0.15) is 11.1 Å². The van der Waals surface area contributed by atoms with Crippen LogP contribution >= 0.6 is 15.9 Å². The minimum Gasteiger partial charge on any atom is -0.378 e. The second kappa shape index (κ2) is 6.13. The average Bonchev–Trinajstić information content (AvgIpc) is 2.90. The predicted octanol–water partition coefficient (Wildman–Crippen LogP) is 3.87. The molecule has 2 aromatic rings. The zero-order valence-corrected chi connectivity index (χ0v) is 14.4. The van der Waals surface area contributed by atoms with Crippen molar-refractivity contribution in [3.05, 3.63) is 58.1 Å². The molecule has 4 heteroatoms. The third-order valence-electron chi connectivity index (χ3n) is 4.10. The van der Waals surface area contributed by atoms with E-state index in [0.717, 1.165) is 28.7 Å². The van der Waals surface area contributed by atoms with E-state index >= 15 is 0 Å². The van der Waals surface area contributed by atoms with Gasteiger partial charge >= 0.3 is 0 Å². The van der Waals surface area contributed by atoms with Crippen LogP contribution in [0.5, 0.6) is 0 Å². The monoisotopic (exact) mass is 358 g/mol. The number of fused-ring (bicyclic) bond motifs is 1. The van der Waals surface area contributed by atoms with Crippen molar-refractivity contribution in [2.24, 2.45) is 5.92 Å². The van der Waals surface area contributed by atoms with E-state index in [1.165, 1.54) is 11.1 Å². The lowest BCUT2D eigenvalue weighted by Gasteiger charge is -2.15. The third-order valence-corrected chi connectivity index (χ3v) is 4.60. The molecule has 0 spiro atoms. The Morgan fingerprint density at radius 2 is 1.91 bits per heavy atom. The maximum atomic E-state index is 12.5. The summed E-state index contributed by atoms with van der Waals surface area (Å²) in [6, 6.07) is 14.2. The number of hydrogen-bond acceptors (Lipinski definition) is 2. The summed E-state index contributed by atoms with van der Waals surface area (Å²) in [5.41, 5.74) is 4.49. The maximum absolute atomic E-state index is 12.5. The van der Waals surface area contributed by atoms with Crippen molar-refractivity contribution in [2.75, 3.05) is 24.3 Å². The Labute approximate surface area is 139 Å². The van der Waals surface area contributed by atoms with Crippen LogP contribution in [-0.2, 0) is 17.6 Å². The van der Waals surface area contributed by atoms with E-state index in [0.29, 0.717) is 0 Å². The van der Waals surface area contributed by atoms with Gasteiger partial charge in [-0.25, -0.2) is 0 Å². The molecule has 0 heterocycles. The van der Waals surface area contributed by atoms with Crippen molar-refractivity contribution < 1.29 is 4.79 Å². The SMILES string of the molecule is CN(C)c1cccc(NC(=O)C2Cc3ccc(Br)cc3C2)c1. The lowest BCUT2D eigenvalue weighted by molar-refractivity contribution is -0.119. The highest BCUT2D eigenvalue weighted by Crippen LogP contribution is 2.30. The molecule has 1 N–H and O–H groups in total. The summed E-state index contributed by atoms with van der Waals surface area (Å²) in [6.45, 7) is 0. The lowest BCUT2D eigenvalue weighted by atomic mass is 10.1. The summed E-state index contributed by atoms with van der Waals surface area (Å²) >= 11 is 3.49. The van der Waals surface area contributed by atoms with Gasteiger partial charge in [0, 0.05) is 35.9 Å². The normalized spacial score (nSPS) is 16.2. The van der Waals surface area contributed by atoms with Gasteiger partial charge in [-0.15, -0.1) is 0 Å². The number of carbonyl (C=O) groups is 1. The second-order valence-corrected chi connectivity index (χ2v) is 6.87. The van der Waals surface area contributed by atoms with Gasteiger partial charge in [0.25, 0.3) is 0 Å². The van der Waals surface area contributed by atoms with E-state index in [4.69, 9.17) is 0 Å².